The number of rotatable bonds is 8. The summed E-state index contributed by atoms with van der Waals surface area (Å²) in [5, 5.41) is 2.92. The fraction of sp³-hybridized carbons (Fsp3) is 0.304. The number of para-hydroxylation sites is 1. The van der Waals surface area contributed by atoms with Gasteiger partial charge in [-0.1, -0.05) is 47.1 Å². The third kappa shape index (κ3) is 5.67. The molecule has 1 atom stereocenters. The molecule has 4 nitrogen and oxygen atoms in total. The van der Waals surface area contributed by atoms with Crippen molar-refractivity contribution >= 4 is 33.2 Å². The van der Waals surface area contributed by atoms with Crippen molar-refractivity contribution in [2.24, 2.45) is 0 Å². The number of benzene rings is 2. The molecule has 29 heavy (non-hydrogen) atoms. The number of thiazole rings is 1. The van der Waals surface area contributed by atoms with Gasteiger partial charge in [0.15, 0.2) is 0 Å². The third-order valence-electron chi connectivity index (χ3n) is 4.83. The first kappa shape index (κ1) is 21.5. The van der Waals surface area contributed by atoms with Crippen LogP contribution in [0.4, 0.5) is 0 Å². The van der Waals surface area contributed by atoms with E-state index >= 15 is 0 Å². The summed E-state index contributed by atoms with van der Waals surface area (Å²) in [6.45, 7) is 7.11. The average molecular weight is 473 g/mol. The van der Waals surface area contributed by atoms with E-state index in [-0.39, 0.29) is 11.9 Å². The zero-order valence-corrected chi connectivity index (χ0v) is 19.3. The highest BCUT2D eigenvalue weighted by Crippen LogP contribution is 2.22. The van der Waals surface area contributed by atoms with Gasteiger partial charge in [0.25, 0.3) is 5.91 Å². The van der Waals surface area contributed by atoms with Crippen molar-refractivity contribution in [2.75, 3.05) is 0 Å². The molecule has 0 radical (unpaired) electrons. The summed E-state index contributed by atoms with van der Waals surface area (Å²) in [6, 6.07) is 15.6. The maximum atomic E-state index is 13.1. The van der Waals surface area contributed by atoms with Gasteiger partial charge in [-0.3, -0.25) is 4.79 Å². The van der Waals surface area contributed by atoms with Gasteiger partial charge in [0.1, 0.15) is 17.4 Å². The molecule has 0 spiro atoms. The standard InChI is InChI=1S/C23H25BrN2O2S/c1-4-17(3)26(23(27)18-9-7-10-19(24)12-18)13-20-15-29-22(25-20)14-28-21-11-6-5-8-16(21)2/h5-12,15,17H,4,13-14H2,1-3H3/t17-/m1/s1. The molecule has 6 heteroatoms. The minimum absolute atomic E-state index is 0.0198. The maximum absolute atomic E-state index is 13.1. The minimum atomic E-state index is 0.0198. The second-order valence-electron chi connectivity index (χ2n) is 6.99. The molecule has 0 aliphatic carbocycles. The number of carbonyl (C=O) groups excluding carboxylic acids is 1. The molecule has 2 aromatic carbocycles. The molecule has 0 fully saturated rings. The molecule has 152 valence electrons. The molecule has 3 rings (SSSR count). The summed E-state index contributed by atoms with van der Waals surface area (Å²) >= 11 is 5.01. The van der Waals surface area contributed by atoms with E-state index in [2.05, 4.69) is 29.8 Å². The van der Waals surface area contributed by atoms with Gasteiger partial charge in [-0.05, 0) is 50.1 Å². The second-order valence-corrected chi connectivity index (χ2v) is 8.85. The molecule has 1 amide bonds. The molecular formula is C23H25BrN2O2S. The summed E-state index contributed by atoms with van der Waals surface area (Å²) in [4.78, 5) is 19.7. The molecule has 0 bridgehead atoms. The van der Waals surface area contributed by atoms with E-state index in [1.807, 2.05) is 65.7 Å². The van der Waals surface area contributed by atoms with Crippen molar-refractivity contribution in [3.05, 3.63) is 80.2 Å². The van der Waals surface area contributed by atoms with Crippen LogP contribution >= 0.6 is 27.3 Å². The average Bonchev–Trinajstić information content (AvgIpc) is 3.18. The van der Waals surface area contributed by atoms with E-state index in [1.54, 1.807) is 11.3 Å². The monoisotopic (exact) mass is 472 g/mol. The molecule has 1 aromatic heterocycles. The van der Waals surface area contributed by atoms with Gasteiger partial charge >= 0.3 is 0 Å². The largest absolute Gasteiger partial charge is 0.486 e. The summed E-state index contributed by atoms with van der Waals surface area (Å²) in [7, 11) is 0. The Morgan fingerprint density at radius 3 is 2.76 bits per heavy atom. The van der Waals surface area contributed by atoms with Gasteiger partial charge in [0.05, 0.1) is 12.2 Å². The Labute approximate surface area is 184 Å². The second kappa shape index (κ2) is 10.0. The number of nitrogens with zero attached hydrogens (tertiary/aromatic N) is 2. The molecular weight excluding hydrogens is 448 g/mol. The molecule has 0 unspecified atom stereocenters. The van der Waals surface area contributed by atoms with Gasteiger partial charge < -0.3 is 9.64 Å². The number of halogens is 1. The van der Waals surface area contributed by atoms with Crippen LogP contribution in [-0.2, 0) is 13.2 Å². The van der Waals surface area contributed by atoms with Crippen molar-refractivity contribution in [1.29, 1.82) is 0 Å². The van der Waals surface area contributed by atoms with Crippen molar-refractivity contribution < 1.29 is 9.53 Å². The highest BCUT2D eigenvalue weighted by molar-refractivity contribution is 9.10. The van der Waals surface area contributed by atoms with Crippen molar-refractivity contribution in [3.8, 4) is 5.75 Å². The molecule has 0 aliphatic heterocycles. The van der Waals surface area contributed by atoms with Gasteiger partial charge in [0.2, 0.25) is 0 Å². The van der Waals surface area contributed by atoms with Crippen LogP contribution in [-0.4, -0.2) is 21.8 Å². The van der Waals surface area contributed by atoms with Crippen LogP contribution in [0.15, 0.2) is 58.4 Å². The lowest BCUT2D eigenvalue weighted by molar-refractivity contribution is 0.0669. The first-order chi connectivity index (χ1) is 14.0. The van der Waals surface area contributed by atoms with E-state index in [4.69, 9.17) is 9.72 Å². The molecule has 0 N–H and O–H groups in total. The third-order valence-corrected chi connectivity index (χ3v) is 6.20. The first-order valence-electron chi connectivity index (χ1n) is 9.66. The Kier molecular flexibility index (Phi) is 7.45. The van der Waals surface area contributed by atoms with E-state index in [9.17, 15) is 4.79 Å². The first-order valence-corrected chi connectivity index (χ1v) is 11.3. The van der Waals surface area contributed by atoms with Crippen LogP contribution in [0.25, 0.3) is 0 Å². The maximum Gasteiger partial charge on any atom is 0.254 e. The summed E-state index contributed by atoms with van der Waals surface area (Å²) < 4.78 is 6.80. The lowest BCUT2D eigenvalue weighted by Crippen LogP contribution is -2.37. The van der Waals surface area contributed by atoms with Crippen LogP contribution in [0.2, 0.25) is 0 Å². The topological polar surface area (TPSA) is 42.4 Å². The summed E-state index contributed by atoms with van der Waals surface area (Å²) in [5.74, 6) is 0.890. The quantitative estimate of drug-likeness (QED) is 0.389. The van der Waals surface area contributed by atoms with E-state index in [1.165, 1.54) is 0 Å². The van der Waals surface area contributed by atoms with Gasteiger partial charge in [-0.25, -0.2) is 4.98 Å². The van der Waals surface area contributed by atoms with Crippen molar-refractivity contribution in [3.63, 3.8) is 0 Å². The predicted octanol–water partition coefficient (Wildman–Crippen LogP) is 6.23. The van der Waals surface area contributed by atoms with Crippen LogP contribution in [0.1, 0.15) is 46.9 Å². The number of carbonyl (C=O) groups is 1. The number of hydrogen-bond donors (Lipinski definition) is 0. The summed E-state index contributed by atoms with van der Waals surface area (Å²) in [5.41, 5.74) is 2.67. The van der Waals surface area contributed by atoms with E-state index < -0.39 is 0 Å². The van der Waals surface area contributed by atoms with Crippen LogP contribution < -0.4 is 4.74 Å². The van der Waals surface area contributed by atoms with Gasteiger partial charge in [-0.2, -0.15) is 0 Å². The number of ether oxygens (including phenoxy) is 1. The van der Waals surface area contributed by atoms with E-state index in [0.717, 1.165) is 32.9 Å². The van der Waals surface area contributed by atoms with Gasteiger partial charge in [-0.15, -0.1) is 11.3 Å². The Morgan fingerprint density at radius 2 is 2.03 bits per heavy atom. The molecule has 1 heterocycles. The van der Waals surface area contributed by atoms with Crippen LogP contribution in [0.5, 0.6) is 5.75 Å². The Morgan fingerprint density at radius 1 is 1.24 bits per heavy atom. The smallest absolute Gasteiger partial charge is 0.254 e. The molecule has 0 saturated heterocycles. The van der Waals surface area contributed by atoms with Crippen molar-refractivity contribution in [2.45, 2.75) is 46.4 Å². The van der Waals surface area contributed by atoms with Crippen LogP contribution in [0, 0.1) is 6.92 Å². The molecule has 0 aliphatic rings. The normalized spacial score (nSPS) is 11.9. The van der Waals surface area contributed by atoms with Gasteiger partial charge in [0, 0.05) is 21.5 Å². The lowest BCUT2D eigenvalue weighted by Gasteiger charge is -2.28. The highest BCUT2D eigenvalue weighted by atomic mass is 79.9. The highest BCUT2D eigenvalue weighted by Gasteiger charge is 2.22. The molecule has 3 aromatic rings. The zero-order valence-electron chi connectivity index (χ0n) is 16.9. The van der Waals surface area contributed by atoms with E-state index in [0.29, 0.717) is 18.7 Å². The number of amides is 1. The Bertz CT molecular complexity index is 973. The fourth-order valence-corrected chi connectivity index (χ4v) is 4.05. The SMILES string of the molecule is CC[C@@H](C)N(Cc1csc(COc2ccccc2C)n1)C(=O)c1cccc(Br)c1. The summed E-state index contributed by atoms with van der Waals surface area (Å²) in [6.07, 6.45) is 0.882. The predicted molar refractivity (Wildman–Crippen MR) is 121 cm³/mol. The Balaban J connectivity index is 1.70. The zero-order chi connectivity index (χ0) is 20.8. The fourth-order valence-electron chi connectivity index (χ4n) is 2.96. The Hall–Kier alpha value is -2.18. The van der Waals surface area contributed by atoms with Crippen molar-refractivity contribution in [1.82, 2.24) is 9.88 Å². The number of aryl methyl sites for hydroxylation is 1. The lowest BCUT2D eigenvalue weighted by atomic mass is 10.1. The minimum Gasteiger partial charge on any atom is -0.486 e. The van der Waals surface area contributed by atoms with Crippen LogP contribution in [0.3, 0.4) is 0 Å². The number of aromatic nitrogens is 1. The molecule has 0 saturated carbocycles. The number of hydrogen-bond acceptors (Lipinski definition) is 4.